The predicted molar refractivity (Wildman–Crippen MR) is 135 cm³/mol. The summed E-state index contributed by atoms with van der Waals surface area (Å²) in [7, 11) is 1.52. The highest BCUT2D eigenvalue weighted by atomic mass is 35.5. The molecule has 1 atom stereocenters. The summed E-state index contributed by atoms with van der Waals surface area (Å²) in [6, 6.07) is 5.68. The monoisotopic (exact) mass is 510 g/mol. The van der Waals surface area contributed by atoms with Gasteiger partial charge in [0.05, 0.1) is 22.2 Å². The van der Waals surface area contributed by atoms with Crippen molar-refractivity contribution in [2.75, 3.05) is 31.6 Å². The molecular weight excluding hydrogens is 480 g/mol. The first-order valence-electron chi connectivity index (χ1n) is 10.8. The third kappa shape index (κ3) is 8.34. The van der Waals surface area contributed by atoms with E-state index in [1.54, 1.807) is 26.8 Å². The molecule has 3 amide bonds. The molecule has 1 aromatic carbocycles. The number of amides is 3. The van der Waals surface area contributed by atoms with Crippen molar-refractivity contribution in [3.63, 3.8) is 0 Å². The number of nitrogens with two attached hydrogens (primary N) is 1. The van der Waals surface area contributed by atoms with Crippen molar-refractivity contribution in [3.05, 3.63) is 33.7 Å². The highest BCUT2D eigenvalue weighted by Gasteiger charge is 2.27. The number of aldehydes is 1. The van der Waals surface area contributed by atoms with Crippen LogP contribution in [-0.4, -0.2) is 66.8 Å². The van der Waals surface area contributed by atoms with Gasteiger partial charge >= 0.3 is 6.09 Å². The van der Waals surface area contributed by atoms with Crippen molar-refractivity contribution in [2.24, 2.45) is 5.73 Å². The van der Waals surface area contributed by atoms with E-state index in [-0.39, 0.29) is 23.7 Å². The zero-order chi connectivity index (χ0) is 25.5. The van der Waals surface area contributed by atoms with Gasteiger partial charge in [-0.15, -0.1) is 0 Å². The lowest BCUT2D eigenvalue weighted by atomic mass is 10.0. The average Bonchev–Trinajstić information content (AvgIpc) is 3.04. The maximum absolute atomic E-state index is 11.7. The molecule has 34 heavy (non-hydrogen) atoms. The number of nitrogens with one attached hydrogen (secondary N) is 1. The summed E-state index contributed by atoms with van der Waals surface area (Å²) in [4.78, 5) is 47.9. The lowest BCUT2D eigenvalue weighted by molar-refractivity contribution is -0.115. The fraction of sp³-hybridized carbons (Fsp3) is 0.478. The summed E-state index contributed by atoms with van der Waals surface area (Å²) >= 11 is 7.28. The van der Waals surface area contributed by atoms with Gasteiger partial charge in [-0.05, 0) is 57.5 Å². The third-order valence-corrected chi connectivity index (χ3v) is 5.89. The van der Waals surface area contributed by atoms with Gasteiger partial charge in [0.25, 0.3) is 11.1 Å². The number of carbonyl (C=O) groups is 4. The molecule has 2 saturated heterocycles. The topological polar surface area (TPSA) is 122 Å². The van der Waals surface area contributed by atoms with E-state index in [1.807, 2.05) is 18.2 Å². The second kappa shape index (κ2) is 12.2. The first kappa shape index (κ1) is 27.7. The van der Waals surface area contributed by atoms with Crippen LogP contribution >= 0.6 is 23.4 Å². The number of likely N-dealkylation sites (N-methyl/N-ethyl adjacent to an activating group) is 1. The molecule has 2 heterocycles. The number of hydrogen-bond donors (Lipinski definition) is 2. The molecule has 3 rings (SSSR count). The van der Waals surface area contributed by atoms with Crippen LogP contribution in [0.2, 0.25) is 5.02 Å². The van der Waals surface area contributed by atoms with Crippen LogP contribution < -0.4 is 16.0 Å². The first-order chi connectivity index (χ1) is 15.9. The van der Waals surface area contributed by atoms with Gasteiger partial charge in [0.1, 0.15) is 11.9 Å². The summed E-state index contributed by atoms with van der Waals surface area (Å²) in [5.41, 5.74) is 7.25. The van der Waals surface area contributed by atoms with Crippen LogP contribution in [0.5, 0.6) is 0 Å². The van der Waals surface area contributed by atoms with Crippen molar-refractivity contribution in [3.8, 4) is 0 Å². The number of para-hydroxylation sites is 1. The van der Waals surface area contributed by atoms with Gasteiger partial charge in [0.15, 0.2) is 0 Å². The van der Waals surface area contributed by atoms with Gasteiger partial charge in [-0.3, -0.25) is 14.9 Å². The molecule has 0 aliphatic carbocycles. The van der Waals surface area contributed by atoms with Crippen molar-refractivity contribution in [1.29, 1.82) is 0 Å². The molecule has 186 valence electrons. The predicted octanol–water partition coefficient (Wildman–Crippen LogP) is 3.64. The number of rotatable bonds is 4. The van der Waals surface area contributed by atoms with E-state index in [0.717, 1.165) is 48.9 Å². The normalized spacial score (nSPS) is 19.3. The Morgan fingerprint density at radius 3 is 2.65 bits per heavy atom. The van der Waals surface area contributed by atoms with Gasteiger partial charge < -0.3 is 25.1 Å². The lowest BCUT2D eigenvalue weighted by Crippen LogP contribution is -2.43. The Labute approximate surface area is 209 Å². The highest BCUT2D eigenvalue weighted by Crippen LogP contribution is 2.35. The number of imide groups is 1. The first-order valence-corrected chi connectivity index (χ1v) is 12.0. The smallest absolute Gasteiger partial charge is 0.410 e. The fourth-order valence-electron chi connectivity index (χ4n) is 3.28. The Hall–Kier alpha value is -2.56. The van der Waals surface area contributed by atoms with E-state index in [4.69, 9.17) is 22.1 Å². The number of ether oxygens (including phenoxy) is 1. The van der Waals surface area contributed by atoms with Gasteiger partial charge in [0.2, 0.25) is 0 Å². The minimum Gasteiger partial charge on any atom is -0.444 e. The van der Waals surface area contributed by atoms with E-state index in [2.05, 4.69) is 10.2 Å². The second-order valence-electron chi connectivity index (χ2n) is 8.91. The molecule has 0 aromatic heterocycles. The SMILES string of the molecule is CN(CC=O)C(=O)OC(C)(C)C.N[C@@H]1CCCN(c2c(Cl)cccc2/C=C2\SC(=O)NC2=O)C1. The summed E-state index contributed by atoms with van der Waals surface area (Å²) in [5, 5.41) is 2.53. The Kier molecular flexibility index (Phi) is 9.96. The molecule has 1 aromatic rings. The number of hydrogen-bond acceptors (Lipinski definition) is 8. The largest absolute Gasteiger partial charge is 0.444 e. The number of anilines is 1. The third-order valence-electron chi connectivity index (χ3n) is 4.77. The maximum atomic E-state index is 11.7. The van der Waals surface area contributed by atoms with Crippen LogP contribution in [0.3, 0.4) is 0 Å². The van der Waals surface area contributed by atoms with Crippen LogP contribution in [0.15, 0.2) is 23.1 Å². The second-order valence-corrected chi connectivity index (χ2v) is 10.3. The molecule has 0 unspecified atom stereocenters. The number of carbonyl (C=O) groups excluding carboxylic acids is 4. The van der Waals surface area contributed by atoms with Gasteiger partial charge in [0, 0.05) is 31.7 Å². The molecule has 2 aliphatic heterocycles. The Bertz CT molecular complexity index is 963. The summed E-state index contributed by atoms with van der Waals surface area (Å²) in [6.07, 6.45) is 3.91. The van der Waals surface area contributed by atoms with E-state index in [9.17, 15) is 19.2 Å². The summed E-state index contributed by atoms with van der Waals surface area (Å²) in [6.45, 7) is 7.01. The quantitative estimate of drug-likeness (QED) is 0.465. The molecule has 0 spiro atoms. The molecule has 2 aliphatic rings. The number of piperidine rings is 1. The Balaban J connectivity index is 0.000000292. The Morgan fingerprint density at radius 2 is 2.09 bits per heavy atom. The average molecular weight is 511 g/mol. The number of nitrogens with zero attached hydrogens (tertiary/aromatic N) is 2. The molecule has 2 fully saturated rings. The van der Waals surface area contributed by atoms with Crippen LogP contribution in [0, 0.1) is 0 Å². The van der Waals surface area contributed by atoms with Crippen LogP contribution in [-0.2, 0) is 14.3 Å². The van der Waals surface area contributed by atoms with Crippen LogP contribution in [0.4, 0.5) is 15.3 Å². The molecular formula is C23H31ClN4O5S. The standard InChI is InChI=1S/C15H16ClN3O2S.C8H15NO3/c16-11-5-1-3-9(7-12-14(20)18-15(21)22-12)13(11)19-6-2-4-10(17)8-19;1-8(2,3)12-7(11)9(4)5-6-10/h1,3,5,7,10H,2,4,6,8,17H2,(H,18,20,21);6H,5H2,1-4H3/b12-7-;/t10-;/m1./s1. The van der Waals surface area contributed by atoms with Crippen molar-refractivity contribution < 1.29 is 23.9 Å². The van der Waals surface area contributed by atoms with E-state index >= 15 is 0 Å². The summed E-state index contributed by atoms with van der Waals surface area (Å²) < 4.78 is 4.98. The van der Waals surface area contributed by atoms with Crippen LogP contribution in [0.1, 0.15) is 39.2 Å². The molecule has 3 N–H and O–H groups in total. The van der Waals surface area contributed by atoms with E-state index < -0.39 is 11.7 Å². The molecule has 0 radical (unpaired) electrons. The van der Waals surface area contributed by atoms with Crippen molar-refractivity contribution >= 4 is 58.7 Å². The zero-order valence-corrected chi connectivity index (χ0v) is 21.4. The van der Waals surface area contributed by atoms with E-state index in [0.29, 0.717) is 16.2 Å². The van der Waals surface area contributed by atoms with Gasteiger partial charge in [-0.1, -0.05) is 23.7 Å². The number of halogens is 1. The molecule has 9 nitrogen and oxygen atoms in total. The zero-order valence-electron chi connectivity index (χ0n) is 19.8. The number of thioether (sulfide) groups is 1. The molecule has 0 bridgehead atoms. The summed E-state index contributed by atoms with van der Waals surface area (Å²) in [5.74, 6) is -0.365. The minimum absolute atomic E-state index is 0.0644. The Morgan fingerprint density at radius 1 is 1.38 bits per heavy atom. The van der Waals surface area contributed by atoms with E-state index in [1.165, 1.54) is 11.9 Å². The van der Waals surface area contributed by atoms with Gasteiger partial charge in [-0.2, -0.15) is 0 Å². The number of benzene rings is 1. The van der Waals surface area contributed by atoms with Gasteiger partial charge in [-0.25, -0.2) is 4.79 Å². The van der Waals surface area contributed by atoms with Crippen molar-refractivity contribution in [2.45, 2.75) is 45.3 Å². The molecule has 11 heteroatoms. The van der Waals surface area contributed by atoms with Crippen molar-refractivity contribution in [1.82, 2.24) is 10.2 Å². The molecule has 0 saturated carbocycles. The maximum Gasteiger partial charge on any atom is 0.410 e. The fourth-order valence-corrected chi connectivity index (χ4v) is 4.26. The lowest BCUT2D eigenvalue weighted by Gasteiger charge is -2.34. The minimum atomic E-state index is -0.506. The highest BCUT2D eigenvalue weighted by molar-refractivity contribution is 8.18. The van der Waals surface area contributed by atoms with Crippen LogP contribution in [0.25, 0.3) is 6.08 Å².